The average molecular weight is 766 g/mol. The third-order valence-corrected chi connectivity index (χ3v) is 8.71. The first kappa shape index (κ1) is 40.1. The second-order valence-electron chi connectivity index (χ2n) is 10.8. The smallest absolute Gasteiger partial charge is 0.422 e. The number of nitrogens with one attached hydrogen (secondary N) is 3. The second-order valence-corrected chi connectivity index (χ2v) is 12.1. The Bertz CT molecular complexity index is 1990. The predicted molar refractivity (Wildman–Crippen MR) is 183 cm³/mol. The van der Waals surface area contributed by atoms with E-state index in [4.69, 9.17) is 14.2 Å². The maximum atomic E-state index is 14.5. The maximum Gasteiger partial charge on any atom is 0.422 e. The number of halogens is 7. The Morgan fingerprint density at radius 2 is 1.40 bits per heavy atom. The van der Waals surface area contributed by atoms with Gasteiger partial charge in [0.2, 0.25) is 11.7 Å². The molecule has 0 fully saturated rings. The summed E-state index contributed by atoms with van der Waals surface area (Å²) in [7, 11) is 4.22. The van der Waals surface area contributed by atoms with Crippen LogP contribution in [-0.4, -0.2) is 44.3 Å². The van der Waals surface area contributed by atoms with Gasteiger partial charge >= 0.3 is 6.18 Å². The maximum absolute atomic E-state index is 14.5. The molecule has 53 heavy (non-hydrogen) atoms. The van der Waals surface area contributed by atoms with Crippen molar-refractivity contribution in [2.45, 2.75) is 29.7 Å². The van der Waals surface area contributed by atoms with Gasteiger partial charge in [-0.15, -0.1) is 11.8 Å². The Morgan fingerprint density at radius 3 is 1.92 bits per heavy atom. The van der Waals surface area contributed by atoms with Crippen LogP contribution in [0.4, 0.5) is 42.1 Å². The number of amides is 3. The molecule has 3 N–H and O–H groups in total. The Hall–Kier alpha value is -5.71. The van der Waals surface area contributed by atoms with Crippen molar-refractivity contribution in [3.05, 3.63) is 112 Å². The number of carbonyl (C=O) groups is 3. The summed E-state index contributed by atoms with van der Waals surface area (Å²) in [5.41, 5.74) is -3.91. The molecule has 4 aromatic carbocycles. The molecule has 280 valence electrons. The van der Waals surface area contributed by atoms with Gasteiger partial charge < -0.3 is 30.2 Å². The van der Waals surface area contributed by atoms with Crippen molar-refractivity contribution in [1.29, 1.82) is 0 Å². The normalized spacial score (nSPS) is 12.1. The van der Waals surface area contributed by atoms with E-state index in [0.29, 0.717) is 10.5 Å². The zero-order chi connectivity index (χ0) is 39.0. The molecule has 17 heteroatoms. The summed E-state index contributed by atoms with van der Waals surface area (Å²) in [6.45, 7) is 1.50. The van der Waals surface area contributed by atoms with Crippen LogP contribution in [0.3, 0.4) is 0 Å². The molecule has 9 nitrogen and oxygen atoms in total. The quantitative estimate of drug-likeness (QED) is 0.0544. The molecule has 4 aromatic rings. The van der Waals surface area contributed by atoms with Crippen LogP contribution in [0.5, 0.6) is 17.2 Å². The van der Waals surface area contributed by atoms with Gasteiger partial charge in [0.15, 0.2) is 34.8 Å². The fourth-order valence-electron chi connectivity index (χ4n) is 4.82. The van der Waals surface area contributed by atoms with Crippen molar-refractivity contribution in [2.24, 2.45) is 0 Å². The number of thioether (sulfide) groups is 1. The lowest BCUT2D eigenvalue weighted by atomic mass is 10.1. The highest BCUT2D eigenvalue weighted by atomic mass is 32.2. The van der Waals surface area contributed by atoms with Gasteiger partial charge in [0.1, 0.15) is 16.9 Å². The molecule has 1 unspecified atom stereocenters. The molecule has 0 heterocycles. The van der Waals surface area contributed by atoms with E-state index in [0.717, 1.165) is 11.8 Å². The van der Waals surface area contributed by atoms with E-state index in [9.17, 15) is 45.1 Å². The number of methoxy groups -OCH3 is 3. The minimum atomic E-state index is -5.75. The molecule has 0 bridgehead atoms. The van der Waals surface area contributed by atoms with E-state index in [2.05, 4.69) is 10.6 Å². The zero-order valence-electron chi connectivity index (χ0n) is 28.2. The number of ether oxygens (including phenoxy) is 3. The Kier molecular flexibility index (Phi) is 13.0. The van der Waals surface area contributed by atoms with E-state index in [1.165, 1.54) is 58.6 Å². The second kappa shape index (κ2) is 17.2. The summed E-state index contributed by atoms with van der Waals surface area (Å²) >= 11 is 0.816. The lowest BCUT2D eigenvalue weighted by Gasteiger charge is -2.18. The van der Waals surface area contributed by atoms with Crippen molar-refractivity contribution in [3.8, 4) is 17.2 Å². The molecule has 4 rings (SSSR count). The third kappa shape index (κ3) is 9.40. The Morgan fingerprint density at radius 1 is 0.792 bits per heavy atom. The minimum absolute atomic E-state index is 0.0187. The molecule has 0 aliphatic carbocycles. The lowest BCUT2D eigenvalue weighted by Crippen LogP contribution is -2.30. The highest BCUT2D eigenvalue weighted by Crippen LogP contribution is 2.40. The van der Waals surface area contributed by atoms with Gasteiger partial charge in [0.25, 0.3) is 11.8 Å². The first-order valence-corrected chi connectivity index (χ1v) is 16.2. The van der Waals surface area contributed by atoms with Crippen LogP contribution in [0.25, 0.3) is 6.08 Å². The summed E-state index contributed by atoms with van der Waals surface area (Å²) in [5.74, 6) is -12.0. The van der Waals surface area contributed by atoms with E-state index in [1.807, 2.05) is 0 Å². The van der Waals surface area contributed by atoms with Crippen LogP contribution < -0.4 is 30.2 Å². The van der Waals surface area contributed by atoms with Gasteiger partial charge in [-0.1, -0.05) is 31.2 Å². The van der Waals surface area contributed by atoms with Crippen LogP contribution in [0, 0.1) is 23.3 Å². The van der Waals surface area contributed by atoms with Gasteiger partial charge in [0, 0.05) is 16.1 Å². The Labute approximate surface area is 302 Å². The van der Waals surface area contributed by atoms with Crippen molar-refractivity contribution in [3.63, 3.8) is 0 Å². The zero-order valence-corrected chi connectivity index (χ0v) is 29.0. The van der Waals surface area contributed by atoms with Gasteiger partial charge in [-0.05, 0) is 60.5 Å². The van der Waals surface area contributed by atoms with E-state index in [-0.39, 0.29) is 40.6 Å². The van der Waals surface area contributed by atoms with Crippen molar-refractivity contribution in [1.82, 2.24) is 5.32 Å². The molecule has 0 saturated carbocycles. The molecular formula is C36H30F7N3O6S. The number of anilines is 2. The van der Waals surface area contributed by atoms with E-state index < -0.39 is 63.7 Å². The van der Waals surface area contributed by atoms with Gasteiger partial charge in [0.05, 0.1) is 26.6 Å². The molecule has 1 atom stereocenters. The van der Waals surface area contributed by atoms with Gasteiger partial charge in [-0.25, -0.2) is 17.6 Å². The largest absolute Gasteiger partial charge is 0.493 e. The molecular weight excluding hydrogens is 735 g/mol. The third-order valence-electron chi connectivity index (χ3n) is 7.36. The summed E-state index contributed by atoms with van der Waals surface area (Å²) < 4.78 is 112. The minimum Gasteiger partial charge on any atom is -0.493 e. The number of hydrogen-bond acceptors (Lipinski definition) is 7. The highest BCUT2D eigenvalue weighted by Gasteiger charge is 2.42. The standard InChI is InChI=1S/C36H30F7N3O6S/c1-5-25(35(49)46-31-29(39)27(37)26(36(41,42)43)28(38)30(31)40)53-21-13-9-12-20(17-21)44-34(48)22(45-33(47)19-10-7-6-8-11-19)14-18-15-23(50-2)32(52-4)24(16-18)51-3/h6-17,25H,5H2,1-4H3,(H,44,48)(H,45,47)(H,46,49)/b22-14+. The molecule has 0 radical (unpaired) electrons. The van der Waals surface area contributed by atoms with E-state index in [1.54, 1.807) is 47.8 Å². The lowest BCUT2D eigenvalue weighted by molar-refractivity contribution is -0.143. The van der Waals surface area contributed by atoms with Crippen LogP contribution in [0.2, 0.25) is 0 Å². The number of benzene rings is 4. The summed E-state index contributed by atoms with van der Waals surface area (Å²) in [6.07, 6.45) is -4.40. The topological polar surface area (TPSA) is 115 Å². The first-order chi connectivity index (χ1) is 25.1. The molecule has 3 amide bonds. The van der Waals surface area contributed by atoms with Crippen molar-refractivity contribution < 1.29 is 59.3 Å². The number of rotatable bonds is 13. The monoisotopic (exact) mass is 765 g/mol. The summed E-state index contributed by atoms with van der Waals surface area (Å²) in [5, 5.41) is 5.70. The van der Waals surface area contributed by atoms with Crippen LogP contribution in [0.1, 0.15) is 34.8 Å². The highest BCUT2D eigenvalue weighted by molar-refractivity contribution is 8.00. The van der Waals surface area contributed by atoms with Gasteiger partial charge in [-0.3, -0.25) is 14.4 Å². The van der Waals surface area contributed by atoms with Crippen molar-refractivity contribution >= 4 is 46.9 Å². The summed E-state index contributed by atoms with van der Waals surface area (Å²) in [6, 6.07) is 17.1. The van der Waals surface area contributed by atoms with Crippen molar-refractivity contribution in [2.75, 3.05) is 32.0 Å². The predicted octanol–water partition coefficient (Wildman–Crippen LogP) is 8.21. The first-order valence-electron chi connectivity index (χ1n) is 15.3. The number of hydrogen-bond donors (Lipinski definition) is 3. The van der Waals surface area contributed by atoms with Crippen LogP contribution in [-0.2, 0) is 15.8 Å². The number of alkyl halides is 3. The molecule has 0 aliphatic heterocycles. The fraction of sp³-hybridized carbons (Fsp3) is 0.194. The fourth-order valence-corrected chi connectivity index (χ4v) is 5.83. The molecule has 0 saturated heterocycles. The van der Waals surface area contributed by atoms with E-state index >= 15 is 0 Å². The molecule has 0 spiro atoms. The molecule has 0 aromatic heterocycles. The van der Waals surface area contributed by atoms with Crippen LogP contribution in [0.15, 0.2) is 77.3 Å². The van der Waals surface area contributed by atoms with Gasteiger partial charge in [-0.2, -0.15) is 13.2 Å². The SMILES string of the molecule is CCC(Sc1cccc(NC(=O)/C(=C\c2cc(OC)c(OC)c(OC)c2)NC(=O)c2ccccc2)c1)C(=O)Nc1c(F)c(F)c(C(F)(F)F)c(F)c1F. The summed E-state index contributed by atoms with van der Waals surface area (Å²) in [4.78, 5) is 40.1. The van der Waals surface area contributed by atoms with Crippen LogP contribution >= 0.6 is 11.8 Å². The molecule has 0 aliphatic rings. The number of carbonyl (C=O) groups excluding carboxylic acids is 3. The average Bonchev–Trinajstić information content (AvgIpc) is 3.13. The Balaban J connectivity index is 1.60.